The second-order valence-corrected chi connectivity index (χ2v) is 5.39. The summed E-state index contributed by atoms with van der Waals surface area (Å²) >= 11 is 1.64. The van der Waals surface area contributed by atoms with Gasteiger partial charge in [-0.3, -0.25) is 0 Å². The monoisotopic (exact) mass is 270 g/mol. The van der Waals surface area contributed by atoms with E-state index in [1.807, 2.05) is 19.1 Å². The number of aryl methyl sites for hydroxylation is 2. The maximum atomic E-state index is 4.55. The van der Waals surface area contributed by atoms with Crippen molar-refractivity contribution in [2.45, 2.75) is 20.3 Å². The van der Waals surface area contributed by atoms with Gasteiger partial charge in [-0.2, -0.15) is 5.10 Å². The van der Waals surface area contributed by atoms with Crippen LogP contribution in [0.25, 0.3) is 10.2 Å². The minimum Gasteiger partial charge on any atom is -0.315 e. The highest BCUT2D eigenvalue weighted by Gasteiger charge is 2.05. The number of anilines is 2. The van der Waals surface area contributed by atoms with Crippen molar-refractivity contribution in [3.8, 4) is 0 Å². The summed E-state index contributed by atoms with van der Waals surface area (Å²) in [6.07, 6.45) is 1.04. The Morgan fingerprint density at radius 3 is 2.79 bits per heavy atom. The Morgan fingerprint density at radius 2 is 2.05 bits per heavy atom. The Bertz CT molecular complexity index is 703. The third-order valence-corrected chi connectivity index (χ3v) is 3.83. The average molecular weight is 270 g/mol. The maximum absolute atomic E-state index is 4.55. The summed E-state index contributed by atoms with van der Waals surface area (Å²) in [5.41, 5.74) is 3.25. The van der Waals surface area contributed by atoms with Crippen LogP contribution >= 0.6 is 11.3 Å². The molecule has 0 aliphatic rings. The summed E-state index contributed by atoms with van der Waals surface area (Å²) in [5.74, 6) is 0.723. The zero-order chi connectivity index (χ0) is 13.2. The van der Waals surface area contributed by atoms with Gasteiger partial charge in [0.2, 0.25) is 0 Å². The molecule has 2 aromatic heterocycles. The predicted molar refractivity (Wildman–Crippen MR) is 79.0 cm³/mol. The van der Waals surface area contributed by atoms with Gasteiger partial charge in [-0.15, -0.1) is 5.10 Å². The summed E-state index contributed by atoms with van der Waals surface area (Å²) in [4.78, 5) is 4.55. The van der Waals surface area contributed by atoms with Gasteiger partial charge in [0.05, 0.1) is 15.9 Å². The number of thiazole rings is 1. The fraction of sp³-hybridized carbons (Fsp3) is 0.214. The first-order valence-electron chi connectivity index (χ1n) is 6.21. The van der Waals surface area contributed by atoms with Crippen molar-refractivity contribution >= 4 is 32.5 Å². The van der Waals surface area contributed by atoms with E-state index in [-0.39, 0.29) is 0 Å². The van der Waals surface area contributed by atoms with Crippen LogP contribution in [0.15, 0.2) is 30.3 Å². The quantitative estimate of drug-likeness (QED) is 0.788. The molecule has 0 radical (unpaired) electrons. The van der Waals surface area contributed by atoms with Gasteiger partial charge >= 0.3 is 0 Å². The SMILES string of the molecule is CCc1ccc2nc(Nc3ccc(C)nn3)sc2c1. The van der Waals surface area contributed by atoms with Crippen LogP contribution in [-0.2, 0) is 6.42 Å². The minimum atomic E-state index is 0.723. The molecule has 0 atom stereocenters. The van der Waals surface area contributed by atoms with Gasteiger partial charge < -0.3 is 5.32 Å². The van der Waals surface area contributed by atoms with Crippen LogP contribution in [0.5, 0.6) is 0 Å². The van der Waals surface area contributed by atoms with E-state index in [0.717, 1.165) is 28.6 Å². The van der Waals surface area contributed by atoms with Crippen molar-refractivity contribution < 1.29 is 0 Å². The average Bonchev–Trinajstić information content (AvgIpc) is 2.82. The van der Waals surface area contributed by atoms with E-state index >= 15 is 0 Å². The first-order chi connectivity index (χ1) is 9.24. The van der Waals surface area contributed by atoms with Gasteiger partial charge in [-0.1, -0.05) is 24.3 Å². The number of nitrogens with one attached hydrogen (secondary N) is 1. The standard InChI is InChI=1S/C14H14N4S/c1-3-10-5-6-11-12(8-10)19-14(15-11)16-13-7-4-9(2)17-18-13/h4-8H,3H2,1-2H3,(H,15,16,18). The van der Waals surface area contributed by atoms with E-state index in [2.05, 4.69) is 45.6 Å². The smallest absolute Gasteiger partial charge is 0.189 e. The van der Waals surface area contributed by atoms with Crippen molar-refractivity contribution in [2.75, 3.05) is 5.32 Å². The molecule has 3 rings (SSSR count). The number of aromatic nitrogens is 3. The molecule has 96 valence electrons. The number of hydrogen-bond acceptors (Lipinski definition) is 5. The number of benzene rings is 1. The van der Waals surface area contributed by atoms with E-state index in [4.69, 9.17) is 0 Å². The molecule has 4 nitrogen and oxygen atoms in total. The van der Waals surface area contributed by atoms with Gasteiger partial charge in [-0.25, -0.2) is 4.98 Å². The first kappa shape index (κ1) is 12.0. The van der Waals surface area contributed by atoms with E-state index in [9.17, 15) is 0 Å². The Balaban J connectivity index is 1.90. The van der Waals surface area contributed by atoms with E-state index in [1.165, 1.54) is 10.3 Å². The van der Waals surface area contributed by atoms with Crippen LogP contribution < -0.4 is 5.32 Å². The van der Waals surface area contributed by atoms with Crippen LogP contribution in [0, 0.1) is 6.92 Å². The highest BCUT2D eigenvalue weighted by Crippen LogP contribution is 2.28. The van der Waals surface area contributed by atoms with Crippen LogP contribution in [0.4, 0.5) is 10.9 Å². The Kier molecular flexibility index (Phi) is 3.13. The van der Waals surface area contributed by atoms with Crippen molar-refractivity contribution in [1.82, 2.24) is 15.2 Å². The van der Waals surface area contributed by atoms with Crippen LogP contribution in [0.1, 0.15) is 18.2 Å². The largest absolute Gasteiger partial charge is 0.315 e. The molecule has 2 heterocycles. The zero-order valence-corrected chi connectivity index (χ0v) is 11.7. The van der Waals surface area contributed by atoms with Crippen molar-refractivity contribution in [2.24, 2.45) is 0 Å². The van der Waals surface area contributed by atoms with Crippen molar-refractivity contribution in [1.29, 1.82) is 0 Å². The number of rotatable bonds is 3. The van der Waals surface area contributed by atoms with Gasteiger partial charge in [0.1, 0.15) is 0 Å². The second-order valence-electron chi connectivity index (χ2n) is 4.36. The molecule has 0 unspecified atom stereocenters. The molecule has 0 saturated carbocycles. The molecule has 3 aromatic rings. The summed E-state index contributed by atoms with van der Waals surface area (Å²) in [5, 5.41) is 12.1. The predicted octanol–water partition coefficient (Wildman–Crippen LogP) is 3.70. The third kappa shape index (κ3) is 2.56. The Morgan fingerprint density at radius 1 is 1.16 bits per heavy atom. The lowest BCUT2D eigenvalue weighted by Gasteiger charge is -1.99. The topological polar surface area (TPSA) is 50.7 Å². The molecule has 0 bridgehead atoms. The van der Waals surface area contributed by atoms with Crippen LogP contribution in [-0.4, -0.2) is 15.2 Å². The summed E-state index contributed by atoms with van der Waals surface area (Å²) in [6.45, 7) is 4.07. The molecule has 0 aliphatic heterocycles. The molecule has 0 saturated heterocycles. The van der Waals surface area contributed by atoms with Crippen LogP contribution in [0.3, 0.4) is 0 Å². The first-order valence-corrected chi connectivity index (χ1v) is 7.03. The maximum Gasteiger partial charge on any atom is 0.189 e. The molecule has 0 spiro atoms. The molecule has 0 aliphatic carbocycles. The van der Waals surface area contributed by atoms with Gasteiger partial charge in [0, 0.05) is 0 Å². The molecule has 5 heteroatoms. The second kappa shape index (κ2) is 4.93. The molecular weight excluding hydrogens is 256 g/mol. The van der Waals surface area contributed by atoms with Crippen molar-refractivity contribution in [3.05, 3.63) is 41.6 Å². The van der Waals surface area contributed by atoms with Gasteiger partial charge in [0.25, 0.3) is 0 Å². The lowest BCUT2D eigenvalue weighted by atomic mass is 10.2. The summed E-state index contributed by atoms with van der Waals surface area (Å²) in [6, 6.07) is 10.2. The van der Waals surface area contributed by atoms with Gasteiger partial charge in [0.15, 0.2) is 10.9 Å². The number of nitrogens with zero attached hydrogens (tertiary/aromatic N) is 3. The van der Waals surface area contributed by atoms with Crippen LogP contribution in [0.2, 0.25) is 0 Å². The number of fused-ring (bicyclic) bond motifs is 1. The highest BCUT2D eigenvalue weighted by molar-refractivity contribution is 7.22. The molecule has 19 heavy (non-hydrogen) atoms. The minimum absolute atomic E-state index is 0.723. The fourth-order valence-corrected chi connectivity index (χ4v) is 2.75. The van der Waals surface area contributed by atoms with E-state index < -0.39 is 0 Å². The summed E-state index contributed by atoms with van der Waals surface area (Å²) in [7, 11) is 0. The lowest BCUT2D eigenvalue weighted by molar-refractivity contribution is 0.985. The zero-order valence-electron chi connectivity index (χ0n) is 10.8. The Hall–Kier alpha value is -2.01. The molecule has 0 fully saturated rings. The fourth-order valence-electron chi connectivity index (χ4n) is 1.82. The summed E-state index contributed by atoms with van der Waals surface area (Å²) < 4.78 is 1.20. The van der Waals surface area contributed by atoms with Crippen molar-refractivity contribution in [3.63, 3.8) is 0 Å². The normalized spacial score (nSPS) is 10.8. The molecule has 1 aromatic carbocycles. The van der Waals surface area contributed by atoms with Gasteiger partial charge in [-0.05, 0) is 43.2 Å². The highest BCUT2D eigenvalue weighted by atomic mass is 32.1. The Labute approximate surface area is 115 Å². The lowest BCUT2D eigenvalue weighted by Crippen LogP contribution is -1.95. The van der Waals surface area contributed by atoms with E-state index in [1.54, 1.807) is 11.3 Å². The molecule has 1 N–H and O–H groups in total. The molecule has 0 amide bonds. The molecular formula is C14H14N4S. The number of hydrogen-bond donors (Lipinski definition) is 1. The third-order valence-electron chi connectivity index (χ3n) is 2.89. The van der Waals surface area contributed by atoms with E-state index in [0.29, 0.717) is 0 Å².